The maximum atomic E-state index is 12.4. The summed E-state index contributed by atoms with van der Waals surface area (Å²) in [5.41, 5.74) is 1.85. The van der Waals surface area contributed by atoms with Gasteiger partial charge in [0.05, 0.1) is 23.5 Å². The molecule has 0 aliphatic carbocycles. The fourth-order valence-electron chi connectivity index (χ4n) is 2.39. The van der Waals surface area contributed by atoms with Crippen LogP contribution in [-0.2, 0) is 0 Å². The number of ether oxygens (including phenoxy) is 1. The molecule has 27 heavy (non-hydrogen) atoms. The number of nitrogens with zero attached hydrogens (tertiary/aromatic N) is 3. The molecule has 0 atom stereocenters. The van der Waals surface area contributed by atoms with Crippen LogP contribution in [0.15, 0.2) is 60.7 Å². The molecule has 2 N–H and O–H groups in total. The second-order valence-corrected chi connectivity index (χ2v) is 5.47. The lowest BCUT2D eigenvalue weighted by Crippen LogP contribution is -2.15. The molecule has 1 heterocycles. The van der Waals surface area contributed by atoms with Gasteiger partial charge in [0.25, 0.3) is 5.91 Å². The summed E-state index contributed by atoms with van der Waals surface area (Å²) in [5.74, 6) is 0.635. The molecule has 0 aliphatic heterocycles. The summed E-state index contributed by atoms with van der Waals surface area (Å²) in [5, 5.41) is 22.9. The van der Waals surface area contributed by atoms with Gasteiger partial charge in [-0.1, -0.05) is 24.3 Å². The second-order valence-electron chi connectivity index (χ2n) is 5.47. The zero-order valence-corrected chi connectivity index (χ0v) is 14.6. The van der Waals surface area contributed by atoms with E-state index in [1.165, 1.54) is 0 Å². The van der Waals surface area contributed by atoms with E-state index in [0.717, 1.165) is 0 Å². The first kappa shape index (κ1) is 17.9. The zero-order valence-electron chi connectivity index (χ0n) is 14.6. The van der Waals surface area contributed by atoms with E-state index in [9.17, 15) is 4.79 Å². The molecule has 0 fully saturated rings. The van der Waals surface area contributed by atoms with Crippen molar-refractivity contribution in [1.82, 2.24) is 10.2 Å². The van der Waals surface area contributed by atoms with Gasteiger partial charge in [0.15, 0.2) is 11.5 Å². The van der Waals surface area contributed by atoms with Crippen molar-refractivity contribution in [2.24, 2.45) is 0 Å². The Kier molecular flexibility index (Phi) is 5.60. The molecule has 0 bridgehead atoms. The first-order valence-electron chi connectivity index (χ1n) is 8.34. The highest BCUT2D eigenvalue weighted by Gasteiger charge is 2.12. The summed E-state index contributed by atoms with van der Waals surface area (Å²) < 4.78 is 5.49. The molecule has 1 amide bonds. The summed E-state index contributed by atoms with van der Waals surface area (Å²) in [4.78, 5) is 12.4. The SMILES string of the molecule is CCOc1ccccc1NC(=O)c1ccc(Nc2ccccc2C#N)nn1. The summed E-state index contributed by atoms with van der Waals surface area (Å²) in [6.45, 7) is 2.37. The molecular weight excluding hydrogens is 342 g/mol. The third-order valence-electron chi connectivity index (χ3n) is 3.64. The van der Waals surface area contributed by atoms with Gasteiger partial charge in [-0.3, -0.25) is 4.79 Å². The number of hydrogen-bond acceptors (Lipinski definition) is 6. The number of amides is 1. The molecule has 0 unspecified atom stereocenters. The number of nitrogens with one attached hydrogen (secondary N) is 2. The van der Waals surface area contributed by atoms with E-state index < -0.39 is 5.91 Å². The van der Waals surface area contributed by atoms with Gasteiger partial charge in [-0.2, -0.15) is 5.26 Å². The van der Waals surface area contributed by atoms with Crippen LogP contribution in [-0.4, -0.2) is 22.7 Å². The Morgan fingerprint density at radius 1 is 1.04 bits per heavy atom. The predicted molar refractivity (Wildman–Crippen MR) is 102 cm³/mol. The Morgan fingerprint density at radius 2 is 1.78 bits per heavy atom. The minimum Gasteiger partial charge on any atom is -0.492 e. The summed E-state index contributed by atoms with van der Waals surface area (Å²) in [6.07, 6.45) is 0. The fraction of sp³-hybridized carbons (Fsp3) is 0.100. The number of carbonyl (C=O) groups is 1. The number of aromatic nitrogens is 2. The van der Waals surface area contributed by atoms with Crippen LogP contribution in [0.25, 0.3) is 0 Å². The summed E-state index contributed by atoms with van der Waals surface area (Å²) in [7, 11) is 0. The Bertz CT molecular complexity index is 980. The third-order valence-corrected chi connectivity index (χ3v) is 3.64. The number of rotatable bonds is 6. The Balaban J connectivity index is 1.72. The number of anilines is 3. The maximum absolute atomic E-state index is 12.4. The zero-order chi connectivity index (χ0) is 19.1. The quantitative estimate of drug-likeness (QED) is 0.695. The molecule has 3 rings (SSSR count). The Hall–Kier alpha value is -3.92. The first-order chi connectivity index (χ1) is 13.2. The number of nitriles is 1. The van der Waals surface area contributed by atoms with Crippen molar-refractivity contribution in [2.75, 3.05) is 17.2 Å². The van der Waals surface area contributed by atoms with E-state index in [1.807, 2.05) is 25.1 Å². The van der Waals surface area contributed by atoms with E-state index in [1.54, 1.807) is 42.5 Å². The molecule has 0 aliphatic rings. The van der Waals surface area contributed by atoms with Gasteiger partial charge < -0.3 is 15.4 Å². The molecule has 3 aromatic rings. The van der Waals surface area contributed by atoms with Crippen LogP contribution < -0.4 is 15.4 Å². The molecular formula is C20H17N5O2. The van der Waals surface area contributed by atoms with Crippen molar-refractivity contribution in [2.45, 2.75) is 6.92 Å². The lowest BCUT2D eigenvalue weighted by Gasteiger charge is -2.11. The van der Waals surface area contributed by atoms with E-state index in [0.29, 0.717) is 35.1 Å². The molecule has 0 spiro atoms. The molecule has 0 radical (unpaired) electrons. The highest BCUT2D eigenvalue weighted by atomic mass is 16.5. The summed E-state index contributed by atoms with van der Waals surface area (Å²) in [6, 6.07) is 19.5. The third kappa shape index (κ3) is 4.38. The Morgan fingerprint density at radius 3 is 2.48 bits per heavy atom. The van der Waals surface area contributed by atoms with E-state index >= 15 is 0 Å². The van der Waals surface area contributed by atoms with Crippen molar-refractivity contribution in [3.63, 3.8) is 0 Å². The minimum absolute atomic E-state index is 0.167. The van der Waals surface area contributed by atoms with Crippen LogP contribution >= 0.6 is 0 Å². The van der Waals surface area contributed by atoms with Crippen LogP contribution in [0.3, 0.4) is 0 Å². The molecule has 1 aromatic heterocycles. The smallest absolute Gasteiger partial charge is 0.276 e. The number of carbonyl (C=O) groups excluding carboxylic acids is 1. The van der Waals surface area contributed by atoms with Gasteiger partial charge in [0.2, 0.25) is 0 Å². The summed E-state index contributed by atoms with van der Waals surface area (Å²) >= 11 is 0. The van der Waals surface area contributed by atoms with Crippen LogP contribution in [0, 0.1) is 11.3 Å². The van der Waals surface area contributed by atoms with E-state index in [2.05, 4.69) is 26.9 Å². The monoisotopic (exact) mass is 359 g/mol. The average molecular weight is 359 g/mol. The molecule has 0 saturated heterocycles. The predicted octanol–water partition coefficient (Wildman–Crippen LogP) is 3.74. The molecule has 7 heteroatoms. The Labute approximate surface area is 156 Å². The van der Waals surface area contributed by atoms with Gasteiger partial charge >= 0.3 is 0 Å². The van der Waals surface area contributed by atoms with Gasteiger partial charge in [-0.05, 0) is 43.3 Å². The normalized spacial score (nSPS) is 9.93. The standard InChI is InChI=1S/C20H17N5O2/c1-2-27-18-10-6-5-9-16(18)23-20(26)17-11-12-19(25-24-17)22-15-8-4-3-7-14(15)13-21/h3-12H,2H2,1H3,(H,22,25)(H,23,26). The largest absolute Gasteiger partial charge is 0.492 e. The van der Waals surface area contributed by atoms with Gasteiger partial charge in [0, 0.05) is 0 Å². The molecule has 7 nitrogen and oxygen atoms in total. The number of hydrogen-bond donors (Lipinski definition) is 2. The number of para-hydroxylation sites is 3. The van der Waals surface area contributed by atoms with Crippen LogP contribution in [0.5, 0.6) is 5.75 Å². The highest BCUT2D eigenvalue weighted by molar-refractivity contribution is 6.03. The fourth-order valence-corrected chi connectivity index (χ4v) is 2.39. The van der Waals surface area contributed by atoms with Crippen LogP contribution in [0.1, 0.15) is 23.0 Å². The molecule has 134 valence electrons. The average Bonchev–Trinajstić information content (AvgIpc) is 2.70. The lowest BCUT2D eigenvalue weighted by molar-refractivity contribution is 0.102. The minimum atomic E-state index is -0.390. The van der Waals surface area contributed by atoms with Crippen molar-refractivity contribution in [3.05, 3.63) is 71.9 Å². The van der Waals surface area contributed by atoms with Crippen LogP contribution in [0.4, 0.5) is 17.2 Å². The maximum Gasteiger partial charge on any atom is 0.276 e. The van der Waals surface area contributed by atoms with Gasteiger partial charge in [-0.25, -0.2) is 0 Å². The van der Waals surface area contributed by atoms with E-state index in [4.69, 9.17) is 10.00 Å². The van der Waals surface area contributed by atoms with Crippen molar-refractivity contribution in [1.29, 1.82) is 5.26 Å². The van der Waals surface area contributed by atoms with Crippen LogP contribution in [0.2, 0.25) is 0 Å². The van der Waals surface area contributed by atoms with Crippen molar-refractivity contribution in [3.8, 4) is 11.8 Å². The molecule has 2 aromatic carbocycles. The van der Waals surface area contributed by atoms with Gasteiger partial charge in [-0.15, -0.1) is 10.2 Å². The lowest BCUT2D eigenvalue weighted by atomic mass is 10.2. The topological polar surface area (TPSA) is 99.9 Å². The van der Waals surface area contributed by atoms with Crippen molar-refractivity contribution >= 4 is 23.1 Å². The second kappa shape index (κ2) is 8.45. The molecule has 0 saturated carbocycles. The first-order valence-corrected chi connectivity index (χ1v) is 8.34. The van der Waals surface area contributed by atoms with Gasteiger partial charge in [0.1, 0.15) is 11.8 Å². The highest BCUT2D eigenvalue weighted by Crippen LogP contribution is 2.24. The number of benzene rings is 2. The van der Waals surface area contributed by atoms with E-state index in [-0.39, 0.29) is 5.69 Å². The van der Waals surface area contributed by atoms with Crippen molar-refractivity contribution < 1.29 is 9.53 Å².